The van der Waals surface area contributed by atoms with Gasteiger partial charge in [0, 0.05) is 5.66 Å². The molecule has 2 aromatic carbocycles. The monoisotopic (exact) mass is 360 g/mol. The van der Waals surface area contributed by atoms with Crippen LogP contribution in [0.25, 0.3) is 0 Å². The third-order valence-electron chi connectivity index (χ3n) is 4.40. The molecule has 0 saturated heterocycles. The van der Waals surface area contributed by atoms with Crippen molar-refractivity contribution in [1.29, 1.82) is 0 Å². The molecule has 0 amide bonds. The van der Waals surface area contributed by atoms with E-state index in [1.54, 1.807) is 0 Å². The molecular weight excluding hydrogens is 339 g/mol. The van der Waals surface area contributed by atoms with Gasteiger partial charge in [0.15, 0.2) is 0 Å². The van der Waals surface area contributed by atoms with Gasteiger partial charge in [0.1, 0.15) is 0 Å². The van der Waals surface area contributed by atoms with Gasteiger partial charge in [-0.15, -0.1) is 0 Å². The van der Waals surface area contributed by atoms with Gasteiger partial charge in [-0.2, -0.15) is 0 Å². The maximum Gasteiger partial charge on any atom is 0.0392 e. The minimum atomic E-state index is -0.202. The Morgan fingerprint density at radius 1 is 0.762 bits per heavy atom. The number of halogens is 1. The van der Waals surface area contributed by atoms with E-state index in [2.05, 4.69) is 76.2 Å². The summed E-state index contributed by atoms with van der Waals surface area (Å²) in [6, 6.07) is 22.1. The lowest BCUT2D eigenvalue weighted by atomic mass is 10.0. The van der Waals surface area contributed by atoms with Crippen LogP contribution in [0.2, 0.25) is 0 Å². The summed E-state index contributed by atoms with van der Waals surface area (Å²) in [7, 11) is 0. The Labute approximate surface area is 137 Å². The van der Waals surface area contributed by atoms with E-state index in [0.29, 0.717) is 5.66 Å². The smallest absolute Gasteiger partial charge is 0.0392 e. The number of rotatable bonds is 4. The van der Waals surface area contributed by atoms with Gasteiger partial charge in [0.2, 0.25) is 0 Å². The summed E-state index contributed by atoms with van der Waals surface area (Å²) < 4.78 is 0. The topological polar surface area (TPSA) is 0 Å². The highest BCUT2D eigenvalue weighted by molar-refractivity contribution is 9.39. The fourth-order valence-corrected chi connectivity index (χ4v) is 8.13. The maximum absolute atomic E-state index is 4.14. The summed E-state index contributed by atoms with van der Waals surface area (Å²) in [4.78, 5) is 0. The first-order valence-electron chi connectivity index (χ1n) is 7.90. The van der Waals surface area contributed by atoms with Crippen molar-refractivity contribution >= 4 is 22.1 Å². The Balaban J connectivity index is 1.92. The van der Waals surface area contributed by atoms with Crippen molar-refractivity contribution in [3.05, 3.63) is 71.8 Å². The maximum atomic E-state index is 4.14. The molecule has 0 aromatic heterocycles. The molecule has 1 unspecified atom stereocenters. The van der Waals surface area contributed by atoms with Gasteiger partial charge in [-0.3, -0.25) is 0 Å². The van der Waals surface area contributed by atoms with Crippen LogP contribution in [0.4, 0.5) is 0 Å². The third kappa shape index (κ3) is 3.76. The zero-order valence-corrected chi connectivity index (χ0v) is 14.8. The molecule has 0 radical (unpaired) electrons. The van der Waals surface area contributed by atoms with Crippen molar-refractivity contribution in [2.45, 2.75) is 43.4 Å². The Morgan fingerprint density at radius 3 is 1.71 bits per heavy atom. The number of hydrogen-bond donors (Lipinski definition) is 0. The van der Waals surface area contributed by atoms with E-state index < -0.39 is 0 Å². The standard InChI is InChI=1S/C19H22BrP/c20-21(18-14-8-3-9-15-18)19(16-10-4-1-5-11-16)17-12-6-2-7-13-17/h1-2,4-7,10-13,18-19H,3,8-9,14-15H2. The molecule has 1 fully saturated rings. The molecule has 0 nitrogen and oxygen atoms in total. The zero-order valence-electron chi connectivity index (χ0n) is 12.3. The lowest BCUT2D eigenvalue weighted by Crippen LogP contribution is -2.12. The fourth-order valence-electron chi connectivity index (χ4n) is 3.29. The highest BCUT2D eigenvalue weighted by atomic mass is 79.9. The van der Waals surface area contributed by atoms with Gasteiger partial charge >= 0.3 is 0 Å². The van der Waals surface area contributed by atoms with Crippen LogP contribution in [0.1, 0.15) is 48.9 Å². The second-order valence-corrected chi connectivity index (χ2v) is 10.3. The molecule has 1 atom stereocenters. The molecule has 1 aliphatic carbocycles. The van der Waals surface area contributed by atoms with Crippen molar-refractivity contribution in [3.8, 4) is 0 Å². The molecule has 2 aromatic rings. The third-order valence-corrected chi connectivity index (χ3v) is 9.67. The van der Waals surface area contributed by atoms with E-state index >= 15 is 0 Å². The molecule has 0 N–H and O–H groups in total. The summed E-state index contributed by atoms with van der Waals surface area (Å²) in [5.74, 6) is 0. The van der Waals surface area contributed by atoms with Gasteiger partial charge in [-0.25, -0.2) is 0 Å². The van der Waals surface area contributed by atoms with E-state index in [9.17, 15) is 0 Å². The van der Waals surface area contributed by atoms with Crippen molar-refractivity contribution in [3.63, 3.8) is 0 Å². The van der Waals surface area contributed by atoms with Gasteiger partial charge < -0.3 is 0 Å². The van der Waals surface area contributed by atoms with Crippen molar-refractivity contribution < 1.29 is 0 Å². The lowest BCUT2D eigenvalue weighted by molar-refractivity contribution is 0.512. The predicted octanol–water partition coefficient (Wildman–Crippen LogP) is 6.90. The van der Waals surface area contributed by atoms with Crippen LogP contribution in [-0.4, -0.2) is 5.66 Å². The predicted molar refractivity (Wildman–Crippen MR) is 97.4 cm³/mol. The van der Waals surface area contributed by atoms with Gasteiger partial charge in [0.25, 0.3) is 0 Å². The SMILES string of the molecule is BrP(C1CCCCC1)C(c1ccccc1)c1ccccc1. The van der Waals surface area contributed by atoms with Crippen LogP contribution in [0.5, 0.6) is 0 Å². The Hall–Kier alpha value is -0.650. The van der Waals surface area contributed by atoms with Crippen LogP contribution in [0.3, 0.4) is 0 Å². The van der Waals surface area contributed by atoms with Crippen LogP contribution in [0.15, 0.2) is 60.7 Å². The van der Waals surface area contributed by atoms with Gasteiger partial charge in [-0.05, 0) is 36.3 Å². The number of hydrogen-bond acceptors (Lipinski definition) is 0. The number of benzene rings is 2. The van der Waals surface area contributed by atoms with Gasteiger partial charge in [0.05, 0.1) is 0 Å². The summed E-state index contributed by atoms with van der Waals surface area (Å²) in [6.07, 6.45) is 7.03. The summed E-state index contributed by atoms with van der Waals surface area (Å²) in [6.45, 7) is -0.202. The van der Waals surface area contributed by atoms with E-state index in [1.807, 2.05) is 0 Å². The minimum Gasteiger partial charge on any atom is -0.0622 e. The molecule has 3 rings (SSSR count). The highest BCUT2D eigenvalue weighted by Crippen LogP contribution is 2.66. The van der Waals surface area contributed by atoms with Gasteiger partial charge in [-0.1, -0.05) is 95.4 Å². The fraction of sp³-hybridized carbons (Fsp3) is 0.368. The van der Waals surface area contributed by atoms with E-state index in [1.165, 1.54) is 43.2 Å². The second kappa shape index (κ2) is 7.56. The summed E-state index contributed by atoms with van der Waals surface area (Å²) in [5.41, 5.74) is 4.29. The Bertz CT molecular complexity index is 495. The van der Waals surface area contributed by atoms with Crippen LogP contribution < -0.4 is 0 Å². The molecule has 21 heavy (non-hydrogen) atoms. The normalized spacial score (nSPS) is 17.8. The van der Waals surface area contributed by atoms with Crippen molar-refractivity contribution in [2.24, 2.45) is 0 Å². The minimum absolute atomic E-state index is 0.202. The molecule has 2 heteroatoms. The molecule has 0 bridgehead atoms. The highest BCUT2D eigenvalue weighted by Gasteiger charge is 2.30. The lowest BCUT2D eigenvalue weighted by Gasteiger charge is -2.33. The van der Waals surface area contributed by atoms with Crippen LogP contribution in [-0.2, 0) is 0 Å². The first kappa shape index (κ1) is 15.3. The average molecular weight is 361 g/mol. The molecule has 1 saturated carbocycles. The Morgan fingerprint density at radius 2 is 1.24 bits per heavy atom. The molecule has 0 aliphatic heterocycles. The largest absolute Gasteiger partial charge is 0.0622 e. The molecular formula is C19H22BrP. The first-order chi connectivity index (χ1) is 10.4. The van der Waals surface area contributed by atoms with Crippen LogP contribution in [0, 0.1) is 0 Å². The van der Waals surface area contributed by atoms with E-state index in [4.69, 9.17) is 0 Å². The molecule has 0 heterocycles. The summed E-state index contributed by atoms with van der Waals surface area (Å²) >= 11 is 4.14. The van der Waals surface area contributed by atoms with Crippen molar-refractivity contribution in [1.82, 2.24) is 0 Å². The van der Waals surface area contributed by atoms with E-state index in [0.717, 1.165) is 5.66 Å². The zero-order chi connectivity index (χ0) is 14.5. The second-order valence-electron chi connectivity index (χ2n) is 5.86. The average Bonchev–Trinajstić information content (AvgIpc) is 2.58. The summed E-state index contributed by atoms with van der Waals surface area (Å²) in [5, 5.41) is 0. The first-order valence-corrected chi connectivity index (χ1v) is 11.4. The quantitative estimate of drug-likeness (QED) is 0.520. The van der Waals surface area contributed by atoms with E-state index in [-0.39, 0.29) is 6.62 Å². The van der Waals surface area contributed by atoms with Crippen LogP contribution >= 0.6 is 22.1 Å². The molecule has 0 spiro atoms. The molecule has 1 aliphatic rings. The molecule has 110 valence electrons. The Kier molecular flexibility index (Phi) is 5.49. The van der Waals surface area contributed by atoms with Crippen molar-refractivity contribution in [2.75, 3.05) is 0 Å².